The molecule has 3 aromatic rings. The minimum absolute atomic E-state index is 0.0486. The first-order chi connectivity index (χ1) is 18.7. The highest BCUT2D eigenvalue weighted by molar-refractivity contribution is 6.04. The Labute approximate surface area is 225 Å². The number of nitrogens with one attached hydrogen (secondary N) is 2. The molecule has 10 heteroatoms. The second-order valence-electron chi connectivity index (χ2n) is 10.1. The molecular weight excluding hydrogens is 499 g/mol. The third-order valence-corrected chi connectivity index (χ3v) is 7.24. The average molecular weight is 529 g/mol. The lowest BCUT2D eigenvalue weighted by molar-refractivity contribution is 0.0711. The van der Waals surface area contributed by atoms with Crippen LogP contribution in [0.5, 0.6) is 0 Å². The fourth-order valence-corrected chi connectivity index (χ4v) is 5.23. The highest BCUT2D eigenvalue weighted by atomic mass is 19.1. The number of aliphatic hydroxyl groups is 1. The number of carbonyl (C=O) groups excluding carboxylic acids is 2. The van der Waals surface area contributed by atoms with Crippen LogP contribution in [0.25, 0.3) is 0 Å². The van der Waals surface area contributed by atoms with E-state index in [4.69, 9.17) is 0 Å². The molecule has 2 aliphatic rings. The van der Waals surface area contributed by atoms with E-state index in [1.165, 1.54) is 12.2 Å². The molecule has 0 saturated heterocycles. The first-order valence-corrected chi connectivity index (χ1v) is 12.8. The summed E-state index contributed by atoms with van der Waals surface area (Å²) in [6.07, 6.45) is 7.03. The maximum atomic E-state index is 15.4. The molecule has 2 aromatic heterocycles. The summed E-state index contributed by atoms with van der Waals surface area (Å²) in [6, 6.07) is 12.1. The summed E-state index contributed by atoms with van der Waals surface area (Å²) in [4.78, 5) is 31.3. The second-order valence-corrected chi connectivity index (χ2v) is 10.1. The number of halogens is 1. The molecule has 2 amide bonds. The standard InChI is InChI=1S/C29H29FN6O3/c1-18-14-35(28(39)24-10-6-12-32-24)16-23-25(27(38)33-22-9-5-7-20(13-22)19(2)37)34-36(26(18)23)15-21-8-3-4-11-29(21,30)17-31/h3-13,18-19,21,32,37H,14-16H2,1-2H3,(H,33,38). The molecule has 3 heterocycles. The lowest BCUT2D eigenvalue weighted by atomic mass is 9.86. The Bertz CT molecular complexity index is 1500. The van der Waals surface area contributed by atoms with E-state index in [-0.39, 0.29) is 30.6 Å². The second kappa shape index (κ2) is 10.3. The van der Waals surface area contributed by atoms with Gasteiger partial charge in [0.05, 0.1) is 19.2 Å². The molecule has 9 nitrogen and oxygen atoms in total. The van der Waals surface area contributed by atoms with Crippen molar-refractivity contribution >= 4 is 17.5 Å². The summed E-state index contributed by atoms with van der Waals surface area (Å²) in [5.41, 5.74) is 0.799. The molecule has 0 bridgehead atoms. The monoisotopic (exact) mass is 528 g/mol. The van der Waals surface area contributed by atoms with Crippen molar-refractivity contribution in [3.63, 3.8) is 0 Å². The predicted molar refractivity (Wildman–Crippen MR) is 142 cm³/mol. The molecule has 4 unspecified atom stereocenters. The van der Waals surface area contributed by atoms with E-state index >= 15 is 4.39 Å². The Morgan fingerprint density at radius 3 is 2.87 bits per heavy atom. The molecule has 39 heavy (non-hydrogen) atoms. The van der Waals surface area contributed by atoms with Gasteiger partial charge >= 0.3 is 0 Å². The predicted octanol–water partition coefficient (Wildman–Crippen LogP) is 4.25. The van der Waals surface area contributed by atoms with Crippen molar-refractivity contribution in [2.24, 2.45) is 5.92 Å². The Morgan fingerprint density at radius 1 is 1.33 bits per heavy atom. The maximum Gasteiger partial charge on any atom is 0.276 e. The minimum Gasteiger partial charge on any atom is -0.389 e. The van der Waals surface area contributed by atoms with Crippen molar-refractivity contribution < 1.29 is 19.1 Å². The Kier molecular flexibility index (Phi) is 6.93. The van der Waals surface area contributed by atoms with Crippen LogP contribution in [0, 0.1) is 17.2 Å². The van der Waals surface area contributed by atoms with E-state index in [0.29, 0.717) is 29.1 Å². The number of aromatic amines is 1. The molecule has 1 aromatic carbocycles. The zero-order valence-corrected chi connectivity index (χ0v) is 21.6. The Hall–Kier alpha value is -4.49. The number of aliphatic hydroxyl groups excluding tert-OH is 1. The van der Waals surface area contributed by atoms with Gasteiger partial charge in [0, 0.05) is 41.5 Å². The third-order valence-electron chi connectivity index (χ3n) is 7.24. The highest BCUT2D eigenvalue weighted by Crippen LogP contribution is 2.35. The number of hydrogen-bond acceptors (Lipinski definition) is 5. The summed E-state index contributed by atoms with van der Waals surface area (Å²) in [5.74, 6) is -1.70. The van der Waals surface area contributed by atoms with Crippen LogP contribution in [-0.2, 0) is 13.1 Å². The van der Waals surface area contributed by atoms with Crippen LogP contribution in [0.15, 0.2) is 66.9 Å². The number of aromatic nitrogens is 3. The quantitative estimate of drug-likeness (QED) is 0.441. The van der Waals surface area contributed by atoms with Gasteiger partial charge in [0.15, 0.2) is 5.69 Å². The minimum atomic E-state index is -2.20. The summed E-state index contributed by atoms with van der Waals surface area (Å²) in [7, 11) is 0. The number of benzene rings is 1. The summed E-state index contributed by atoms with van der Waals surface area (Å²) >= 11 is 0. The van der Waals surface area contributed by atoms with Gasteiger partial charge in [0.25, 0.3) is 11.8 Å². The first-order valence-electron chi connectivity index (χ1n) is 12.8. The van der Waals surface area contributed by atoms with Crippen molar-refractivity contribution in [2.75, 3.05) is 11.9 Å². The fraction of sp³-hybridized carbons (Fsp3) is 0.310. The molecule has 0 spiro atoms. The number of rotatable bonds is 6. The number of nitrogens with zero attached hydrogens (tertiary/aromatic N) is 4. The van der Waals surface area contributed by atoms with Crippen LogP contribution < -0.4 is 5.32 Å². The number of hydrogen-bond donors (Lipinski definition) is 3. The molecule has 5 rings (SSSR count). The maximum absolute atomic E-state index is 15.4. The van der Waals surface area contributed by atoms with Gasteiger partial charge < -0.3 is 20.3 Å². The van der Waals surface area contributed by atoms with Gasteiger partial charge in [-0.2, -0.15) is 10.4 Å². The van der Waals surface area contributed by atoms with Crippen molar-refractivity contribution in [3.8, 4) is 6.07 Å². The molecule has 3 N–H and O–H groups in total. The highest BCUT2D eigenvalue weighted by Gasteiger charge is 2.40. The number of allylic oxidation sites excluding steroid dienone is 4. The number of anilines is 1. The van der Waals surface area contributed by atoms with Crippen molar-refractivity contribution in [1.29, 1.82) is 5.26 Å². The molecule has 0 radical (unpaired) electrons. The van der Waals surface area contributed by atoms with E-state index in [1.807, 2.05) is 6.92 Å². The molecule has 4 atom stereocenters. The lowest BCUT2D eigenvalue weighted by Crippen LogP contribution is -2.39. The van der Waals surface area contributed by atoms with E-state index in [1.54, 1.807) is 77.3 Å². The lowest BCUT2D eigenvalue weighted by Gasteiger charge is -2.32. The van der Waals surface area contributed by atoms with E-state index in [0.717, 1.165) is 5.69 Å². The molecule has 0 saturated carbocycles. The Balaban J connectivity index is 1.52. The SMILES string of the molecule is CC(O)c1cccc(NC(=O)c2nn(CC3C=CC=CC3(F)C#N)c3c2CN(C(=O)c2ccc[nH]2)CC3C)c1. The van der Waals surface area contributed by atoms with Crippen molar-refractivity contribution in [1.82, 2.24) is 19.7 Å². The van der Waals surface area contributed by atoms with Crippen LogP contribution in [0.1, 0.15) is 63.7 Å². The van der Waals surface area contributed by atoms with E-state index in [2.05, 4.69) is 15.4 Å². The van der Waals surface area contributed by atoms with Crippen LogP contribution in [0.4, 0.5) is 10.1 Å². The molecule has 200 valence electrons. The van der Waals surface area contributed by atoms with Crippen molar-refractivity contribution in [2.45, 2.75) is 44.6 Å². The van der Waals surface area contributed by atoms with Gasteiger partial charge in [-0.3, -0.25) is 14.3 Å². The fourth-order valence-electron chi connectivity index (χ4n) is 5.23. The summed E-state index contributed by atoms with van der Waals surface area (Å²) in [6.45, 7) is 4.15. The normalized spacial score (nSPS) is 22.7. The summed E-state index contributed by atoms with van der Waals surface area (Å²) in [5, 5.41) is 26.9. The molecular formula is C29H29FN6O3. The van der Waals surface area contributed by atoms with Gasteiger partial charge in [-0.1, -0.05) is 37.3 Å². The smallest absolute Gasteiger partial charge is 0.276 e. The zero-order chi connectivity index (χ0) is 27.7. The number of fused-ring (bicyclic) bond motifs is 1. The third kappa shape index (κ3) is 5.01. The van der Waals surface area contributed by atoms with Crippen LogP contribution in [0.3, 0.4) is 0 Å². The Morgan fingerprint density at radius 2 is 2.15 bits per heavy atom. The van der Waals surface area contributed by atoms with Gasteiger partial charge in [-0.15, -0.1) is 0 Å². The van der Waals surface area contributed by atoms with Gasteiger partial charge in [-0.05, 0) is 42.8 Å². The van der Waals surface area contributed by atoms with Crippen LogP contribution in [-0.4, -0.2) is 48.8 Å². The average Bonchev–Trinajstić information content (AvgIpc) is 3.59. The van der Waals surface area contributed by atoms with Crippen molar-refractivity contribution in [3.05, 3.63) is 95.1 Å². The first kappa shape index (κ1) is 26.1. The van der Waals surface area contributed by atoms with Gasteiger partial charge in [0.1, 0.15) is 11.8 Å². The number of nitriles is 1. The largest absolute Gasteiger partial charge is 0.389 e. The summed E-state index contributed by atoms with van der Waals surface area (Å²) < 4.78 is 17.0. The number of alkyl halides is 1. The molecule has 1 aliphatic heterocycles. The van der Waals surface area contributed by atoms with E-state index < -0.39 is 23.6 Å². The van der Waals surface area contributed by atoms with Crippen LogP contribution >= 0.6 is 0 Å². The van der Waals surface area contributed by atoms with E-state index in [9.17, 15) is 20.0 Å². The zero-order valence-electron chi connectivity index (χ0n) is 21.6. The van der Waals surface area contributed by atoms with Gasteiger partial charge in [0.2, 0.25) is 5.67 Å². The molecule has 0 fully saturated rings. The molecule has 1 aliphatic carbocycles. The van der Waals surface area contributed by atoms with Gasteiger partial charge in [-0.25, -0.2) is 4.39 Å². The number of carbonyl (C=O) groups is 2. The van der Waals surface area contributed by atoms with Crippen LogP contribution in [0.2, 0.25) is 0 Å². The topological polar surface area (TPSA) is 127 Å². The number of H-pyrrole nitrogens is 1. The number of amides is 2.